The molecule has 0 saturated carbocycles. The molecule has 1 nitrogen and oxygen atoms in total. The fraction of sp³-hybridized carbons (Fsp3) is 0.300. The molecule has 0 bridgehead atoms. The third-order valence-electron chi connectivity index (χ3n) is 1.48. The molecule has 0 fully saturated rings. The first kappa shape index (κ1) is 10.6. The monoisotopic (exact) mass is 165 g/mol. The van der Waals surface area contributed by atoms with E-state index in [4.69, 9.17) is 5.26 Å². The molecule has 0 atom stereocenters. The van der Waals surface area contributed by atoms with Gasteiger partial charge in [0.2, 0.25) is 0 Å². The van der Waals surface area contributed by atoms with E-state index in [-0.39, 0.29) is 11.5 Å². The minimum absolute atomic E-state index is 0.0475. The second-order valence-corrected chi connectivity index (χ2v) is 2.80. The smallest absolute Gasteiger partial charge is 0.133 e. The van der Waals surface area contributed by atoms with Crippen LogP contribution < -0.4 is 0 Å². The Morgan fingerprint density at radius 2 is 2.00 bits per heavy atom. The molecular weight excluding hydrogens is 153 g/mol. The Balaban J connectivity index is 4.65. The summed E-state index contributed by atoms with van der Waals surface area (Å²) >= 11 is 0. The van der Waals surface area contributed by atoms with Gasteiger partial charge in [-0.25, -0.2) is 4.39 Å². The van der Waals surface area contributed by atoms with Gasteiger partial charge in [0.25, 0.3) is 0 Å². The van der Waals surface area contributed by atoms with E-state index >= 15 is 0 Å². The van der Waals surface area contributed by atoms with Crippen molar-refractivity contribution < 1.29 is 4.39 Å². The second kappa shape index (κ2) is 4.50. The molecular formula is C10H12FN. The van der Waals surface area contributed by atoms with Gasteiger partial charge in [-0.05, 0) is 12.0 Å². The van der Waals surface area contributed by atoms with Crippen LogP contribution in [-0.4, -0.2) is 0 Å². The lowest BCUT2D eigenvalue weighted by Gasteiger charge is -2.03. The molecule has 0 radical (unpaired) electrons. The number of hydrogen-bond acceptors (Lipinski definition) is 1. The maximum Gasteiger partial charge on any atom is 0.133 e. The van der Waals surface area contributed by atoms with E-state index in [9.17, 15) is 4.39 Å². The molecule has 0 aliphatic heterocycles. The van der Waals surface area contributed by atoms with Crippen LogP contribution in [0.15, 0.2) is 36.2 Å². The molecule has 0 N–H and O–H groups in total. The molecule has 0 aromatic heterocycles. The Hall–Kier alpha value is -1.36. The van der Waals surface area contributed by atoms with E-state index in [0.29, 0.717) is 0 Å². The molecule has 64 valence electrons. The van der Waals surface area contributed by atoms with Gasteiger partial charge in [-0.1, -0.05) is 32.6 Å². The van der Waals surface area contributed by atoms with Crippen LogP contribution >= 0.6 is 0 Å². The summed E-state index contributed by atoms with van der Waals surface area (Å²) in [6, 6.07) is 1.71. The topological polar surface area (TPSA) is 23.8 Å². The van der Waals surface area contributed by atoms with Gasteiger partial charge in [0.05, 0.1) is 5.57 Å². The van der Waals surface area contributed by atoms with Crippen molar-refractivity contribution in [3.05, 3.63) is 36.2 Å². The standard InChI is InChI=1S/C10H12FN/c1-7(2)8(3)5-10(6-12)9(4)11/h5,7H,3-4H2,1-2H3/b10-5-. The highest BCUT2D eigenvalue weighted by Crippen LogP contribution is 2.15. The lowest BCUT2D eigenvalue weighted by Crippen LogP contribution is -1.90. The van der Waals surface area contributed by atoms with Crippen molar-refractivity contribution >= 4 is 0 Å². The molecule has 0 aromatic rings. The zero-order valence-electron chi connectivity index (χ0n) is 7.39. The van der Waals surface area contributed by atoms with Crippen molar-refractivity contribution in [3.8, 4) is 6.07 Å². The number of hydrogen-bond donors (Lipinski definition) is 0. The molecule has 0 spiro atoms. The third kappa shape index (κ3) is 3.16. The molecule has 0 aliphatic rings. The summed E-state index contributed by atoms with van der Waals surface area (Å²) in [5.41, 5.74) is 0.680. The van der Waals surface area contributed by atoms with Gasteiger partial charge >= 0.3 is 0 Å². The lowest BCUT2D eigenvalue weighted by atomic mass is 10.0. The molecule has 0 aliphatic carbocycles. The van der Waals surface area contributed by atoms with Gasteiger partial charge in [0.15, 0.2) is 0 Å². The Morgan fingerprint density at radius 3 is 2.25 bits per heavy atom. The molecule has 0 amide bonds. The molecule has 0 unspecified atom stereocenters. The number of allylic oxidation sites excluding steroid dienone is 4. The fourth-order valence-corrected chi connectivity index (χ4v) is 0.523. The van der Waals surface area contributed by atoms with E-state index in [2.05, 4.69) is 13.2 Å². The number of nitriles is 1. The molecule has 0 aromatic carbocycles. The quantitative estimate of drug-likeness (QED) is 0.465. The van der Waals surface area contributed by atoms with Gasteiger partial charge in [-0.3, -0.25) is 0 Å². The van der Waals surface area contributed by atoms with Crippen molar-refractivity contribution in [2.75, 3.05) is 0 Å². The van der Waals surface area contributed by atoms with Gasteiger partial charge in [-0.2, -0.15) is 5.26 Å². The minimum Gasteiger partial charge on any atom is -0.206 e. The highest BCUT2D eigenvalue weighted by molar-refractivity contribution is 5.41. The Bertz CT molecular complexity index is 266. The van der Waals surface area contributed by atoms with Gasteiger partial charge < -0.3 is 0 Å². The highest BCUT2D eigenvalue weighted by Gasteiger charge is 2.02. The largest absolute Gasteiger partial charge is 0.206 e. The highest BCUT2D eigenvalue weighted by atomic mass is 19.1. The average molecular weight is 165 g/mol. The molecule has 0 rings (SSSR count). The second-order valence-electron chi connectivity index (χ2n) is 2.80. The van der Waals surface area contributed by atoms with E-state index in [1.165, 1.54) is 6.08 Å². The predicted octanol–water partition coefficient (Wildman–Crippen LogP) is 3.13. The first-order chi connectivity index (χ1) is 5.49. The summed E-state index contributed by atoms with van der Waals surface area (Å²) in [6.45, 7) is 10.6. The molecule has 0 heterocycles. The predicted molar refractivity (Wildman–Crippen MR) is 47.9 cm³/mol. The van der Waals surface area contributed by atoms with Crippen molar-refractivity contribution in [1.29, 1.82) is 5.26 Å². The van der Waals surface area contributed by atoms with Crippen LogP contribution in [0.1, 0.15) is 13.8 Å². The van der Waals surface area contributed by atoms with Crippen molar-refractivity contribution in [2.45, 2.75) is 13.8 Å². The number of rotatable bonds is 3. The minimum atomic E-state index is -0.709. The van der Waals surface area contributed by atoms with Gasteiger partial charge in [-0.15, -0.1) is 0 Å². The number of nitrogens with zero attached hydrogens (tertiary/aromatic N) is 1. The summed E-state index contributed by atoms with van der Waals surface area (Å²) in [7, 11) is 0. The summed E-state index contributed by atoms with van der Waals surface area (Å²) in [6.07, 6.45) is 1.42. The SMILES string of the molecule is C=C(F)/C(C#N)=C\C(=C)C(C)C. The van der Waals surface area contributed by atoms with Crippen molar-refractivity contribution in [3.63, 3.8) is 0 Å². The normalized spacial score (nSPS) is 11.1. The van der Waals surface area contributed by atoms with Crippen LogP contribution in [0.5, 0.6) is 0 Å². The fourth-order valence-electron chi connectivity index (χ4n) is 0.523. The van der Waals surface area contributed by atoms with E-state index in [1.54, 1.807) is 6.07 Å². The Kier molecular flexibility index (Phi) is 3.99. The van der Waals surface area contributed by atoms with Crippen LogP contribution in [0.3, 0.4) is 0 Å². The zero-order chi connectivity index (χ0) is 9.72. The van der Waals surface area contributed by atoms with E-state index in [1.807, 2.05) is 13.8 Å². The molecule has 2 heteroatoms. The summed E-state index contributed by atoms with van der Waals surface area (Å²) in [5, 5.41) is 8.47. The summed E-state index contributed by atoms with van der Waals surface area (Å²) in [4.78, 5) is 0. The first-order valence-electron chi connectivity index (χ1n) is 3.64. The maximum absolute atomic E-state index is 12.5. The first-order valence-corrected chi connectivity index (χ1v) is 3.64. The van der Waals surface area contributed by atoms with Crippen LogP contribution in [0.25, 0.3) is 0 Å². The summed E-state index contributed by atoms with van der Waals surface area (Å²) < 4.78 is 12.5. The maximum atomic E-state index is 12.5. The van der Waals surface area contributed by atoms with Crippen molar-refractivity contribution in [2.24, 2.45) is 5.92 Å². The van der Waals surface area contributed by atoms with E-state index in [0.717, 1.165) is 5.57 Å². The molecule has 12 heavy (non-hydrogen) atoms. The zero-order valence-corrected chi connectivity index (χ0v) is 7.39. The van der Waals surface area contributed by atoms with Crippen LogP contribution in [-0.2, 0) is 0 Å². The van der Waals surface area contributed by atoms with Gasteiger partial charge in [0, 0.05) is 0 Å². The number of halogens is 1. The van der Waals surface area contributed by atoms with Crippen molar-refractivity contribution in [1.82, 2.24) is 0 Å². The average Bonchev–Trinajstić information content (AvgIpc) is 1.98. The Labute approximate surface area is 72.5 Å². The van der Waals surface area contributed by atoms with E-state index < -0.39 is 5.83 Å². The lowest BCUT2D eigenvalue weighted by molar-refractivity contribution is 0.661. The Morgan fingerprint density at radius 1 is 1.50 bits per heavy atom. The van der Waals surface area contributed by atoms with Crippen LogP contribution in [0.4, 0.5) is 4.39 Å². The molecule has 0 saturated heterocycles. The van der Waals surface area contributed by atoms with Crippen LogP contribution in [0.2, 0.25) is 0 Å². The third-order valence-corrected chi connectivity index (χ3v) is 1.48. The van der Waals surface area contributed by atoms with Gasteiger partial charge in [0.1, 0.15) is 11.9 Å². The van der Waals surface area contributed by atoms with Crippen LogP contribution in [0, 0.1) is 17.2 Å². The summed E-state index contributed by atoms with van der Waals surface area (Å²) in [5.74, 6) is -0.494.